The average molecular weight is 396 g/mol. The molecule has 1 N–H and O–H groups in total. The molecule has 140 valence electrons. The summed E-state index contributed by atoms with van der Waals surface area (Å²) in [5.74, 6) is -0.262. The first-order valence-electron chi connectivity index (χ1n) is 8.33. The summed E-state index contributed by atoms with van der Waals surface area (Å²) in [5.41, 5.74) is 1.86. The van der Waals surface area contributed by atoms with E-state index in [2.05, 4.69) is 10.3 Å². The Kier molecular flexibility index (Phi) is 5.71. The maximum atomic E-state index is 12.8. The monoisotopic (exact) mass is 395 g/mol. The molecule has 1 aromatic heterocycles. The molecule has 1 aromatic carbocycles. The predicted molar refractivity (Wildman–Crippen MR) is 99.7 cm³/mol. The molecular formula is C17H21N3O4S2. The first-order valence-corrected chi connectivity index (χ1v) is 10.6. The van der Waals surface area contributed by atoms with Gasteiger partial charge in [-0.25, -0.2) is 13.4 Å². The highest BCUT2D eigenvalue weighted by Crippen LogP contribution is 2.31. The minimum absolute atomic E-state index is 0.0192. The van der Waals surface area contributed by atoms with Gasteiger partial charge >= 0.3 is 0 Å². The summed E-state index contributed by atoms with van der Waals surface area (Å²) >= 11 is 1.31. The Hall–Kier alpha value is -1.81. The van der Waals surface area contributed by atoms with E-state index in [1.54, 1.807) is 24.3 Å². The number of carbonyl (C=O) groups excluding carboxylic acids is 1. The van der Waals surface area contributed by atoms with Crippen LogP contribution in [0.15, 0.2) is 29.2 Å². The number of rotatable bonds is 6. The molecule has 0 aliphatic carbocycles. The zero-order valence-corrected chi connectivity index (χ0v) is 16.3. The van der Waals surface area contributed by atoms with Crippen LogP contribution in [-0.2, 0) is 32.5 Å². The van der Waals surface area contributed by atoms with Crippen molar-refractivity contribution >= 4 is 32.4 Å². The van der Waals surface area contributed by atoms with Gasteiger partial charge in [0, 0.05) is 24.4 Å². The predicted octanol–water partition coefficient (Wildman–Crippen LogP) is 2.17. The van der Waals surface area contributed by atoms with Crippen molar-refractivity contribution in [1.82, 2.24) is 9.29 Å². The number of fused-ring (bicyclic) bond motifs is 1. The lowest BCUT2D eigenvalue weighted by molar-refractivity contribution is -0.120. The second-order valence-corrected chi connectivity index (χ2v) is 9.00. The standard InChI is InChI=1S/C17H21N3O4S2/c1-3-24-11-16(21)19-17-18-14-8-9-20(10-15(14)25-17)26(22,23)13-6-4-12(2)5-7-13/h4-7H,3,8-11H2,1-2H3,(H,18,19,21). The smallest absolute Gasteiger partial charge is 0.252 e. The van der Waals surface area contributed by atoms with Crippen molar-refractivity contribution in [3.05, 3.63) is 40.4 Å². The Labute approximate surface area is 157 Å². The van der Waals surface area contributed by atoms with Gasteiger partial charge in [0.2, 0.25) is 10.0 Å². The van der Waals surface area contributed by atoms with Crippen LogP contribution in [0, 0.1) is 6.92 Å². The number of nitrogens with one attached hydrogen (secondary N) is 1. The summed E-state index contributed by atoms with van der Waals surface area (Å²) in [5, 5.41) is 3.18. The third-order valence-corrected chi connectivity index (χ3v) is 6.90. The number of amides is 1. The van der Waals surface area contributed by atoms with E-state index < -0.39 is 10.0 Å². The fraction of sp³-hybridized carbons (Fsp3) is 0.412. The number of benzene rings is 1. The molecular weight excluding hydrogens is 374 g/mol. The lowest BCUT2D eigenvalue weighted by Gasteiger charge is -2.25. The van der Waals surface area contributed by atoms with Crippen LogP contribution in [0.4, 0.5) is 5.13 Å². The molecule has 2 aromatic rings. The number of anilines is 1. The van der Waals surface area contributed by atoms with E-state index in [0.717, 1.165) is 16.1 Å². The molecule has 26 heavy (non-hydrogen) atoms. The average Bonchev–Trinajstić information content (AvgIpc) is 3.01. The van der Waals surface area contributed by atoms with Gasteiger partial charge in [0.15, 0.2) is 5.13 Å². The number of hydrogen-bond donors (Lipinski definition) is 1. The molecule has 2 heterocycles. The van der Waals surface area contributed by atoms with Crippen molar-refractivity contribution in [1.29, 1.82) is 0 Å². The summed E-state index contributed by atoms with van der Waals surface area (Å²) in [6.07, 6.45) is 0.526. The second kappa shape index (κ2) is 7.83. The summed E-state index contributed by atoms with van der Waals surface area (Å²) in [7, 11) is -3.54. The van der Waals surface area contributed by atoms with Gasteiger partial charge in [-0.15, -0.1) is 11.3 Å². The molecule has 0 fully saturated rings. The van der Waals surface area contributed by atoms with Crippen LogP contribution in [0.3, 0.4) is 0 Å². The Morgan fingerprint density at radius 1 is 1.35 bits per heavy atom. The van der Waals surface area contributed by atoms with Crippen LogP contribution in [0.2, 0.25) is 0 Å². The molecule has 1 aliphatic heterocycles. The highest BCUT2D eigenvalue weighted by Gasteiger charge is 2.30. The van der Waals surface area contributed by atoms with Gasteiger partial charge in [-0.2, -0.15) is 4.31 Å². The van der Waals surface area contributed by atoms with E-state index in [1.807, 2.05) is 13.8 Å². The number of ether oxygens (including phenoxy) is 1. The summed E-state index contributed by atoms with van der Waals surface area (Å²) in [6.45, 7) is 4.83. The highest BCUT2D eigenvalue weighted by molar-refractivity contribution is 7.89. The van der Waals surface area contributed by atoms with E-state index in [-0.39, 0.29) is 19.1 Å². The Morgan fingerprint density at radius 2 is 2.08 bits per heavy atom. The molecule has 0 radical (unpaired) electrons. The van der Waals surface area contributed by atoms with Gasteiger partial charge in [-0.05, 0) is 26.0 Å². The fourth-order valence-corrected chi connectivity index (χ4v) is 5.17. The normalized spacial score (nSPS) is 14.8. The second-order valence-electron chi connectivity index (χ2n) is 5.98. The topological polar surface area (TPSA) is 88.6 Å². The van der Waals surface area contributed by atoms with E-state index in [0.29, 0.717) is 29.6 Å². The lowest BCUT2D eigenvalue weighted by atomic mass is 10.2. The van der Waals surface area contributed by atoms with Crippen molar-refractivity contribution in [3.8, 4) is 0 Å². The summed E-state index contributed by atoms with van der Waals surface area (Å²) in [4.78, 5) is 17.3. The minimum atomic E-state index is -3.54. The first-order chi connectivity index (χ1) is 12.4. The van der Waals surface area contributed by atoms with E-state index in [4.69, 9.17) is 4.74 Å². The maximum Gasteiger partial charge on any atom is 0.252 e. The van der Waals surface area contributed by atoms with Crippen LogP contribution in [-0.4, -0.2) is 43.4 Å². The molecule has 0 saturated carbocycles. The van der Waals surface area contributed by atoms with Crippen molar-refractivity contribution in [2.24, 2.45) is 0 Å². The van der Waals surface area contributed by atoms with E-state index in [9.17, 15) is 13.2 Å². The zero-order valence-electron chi connectivity index (χ0n) is 14.7. The van der Waals surface area contributed by atoms with Crippen LogP contribution >= 0.6 is 11.3 Å². The minimum Gasteiger partial charge on any atom is -0.372 e. The molecule has 0 bridgehead atoms. The summed E-state index contributed by atoms with van der Waals surface area (Å²) in [6, 6.07) is 6.85. The SMILES string of the molecule is CCOCC(=O)Nc1nc2c(s1)CN(S(=O)(=O)c1ccc(C)cc1)CC2. The third kappa shape index (κ3) is 4.12. The van der Waals surface area contributed by atoms with E-state index in [1.165, 1.54) is 15.6 Å². The van der Waals surface area contributed by atoms with Crippen LogP contribution in [0.1, 0.15) is 23.1 Å². The Morgan fingerprint density at radius 3 is 2.77 bits per heavy atom. The molecule has 7 nitrogen and oxygen atoms in total. The number of carbonyl (C=O) groups is 1. The fourth-order valence-electron chi connectivity index (χ4n) is 2.64. The molecule has 3 rings (SSSR count). The van der Waals surface area contributed by atoms with Crippen LogP contribution < -0.4 is 5.32 Å². The van der Waals surface area contributed by atoms with Crippen molar-refractivity contribution in [2.45, 2.75) is 31.7 Å². The zero-order chi connectivity index (χ0) is 18.7. The van der Waals surface area contributed by atoms with Crippen molar-refractivity contribution in [3.63, 3.8) is 0 Å². The molecule has 0 saturated heterocycles. The third-order valence-electron chi connectivity index (χ3n) is 4.04. The van der Waals surface area contributed by atoms with Crippen molar-refractivity contribution < 1.29 is 17.9 Å². The van der Waals surface area contributed by atoms with Gasteiger partial charge < -0.3 is 4.74 Å². The molecule has 1 aliphatic rings. The van der Waals surface area contributed by atoms with Gasteiger partial charge in [0.05, 0.1) is 17.1 Å². The molecule has 0 unspecified atom stereocenters. The van der Waals surface area contributed by atoms with E-state index >= 15 is 0 Å². The molecule has 0 spiro atoms. The van der Waals surface area contributed by atoms with Crippen LogP contribution in [0.25, 0.3) is 0 Å². The highest BCUT2D eigenvalue weighted by atomic mass is 32.2. The largest absolute Gasteiger partial charge is 0.372 e. The number of nitrogens with zero attached hydrogens (tertiary/aromatic N) is 2. The van der Waals surface area contributed by atoms with Gasteiger partial charge in [-0.3, -0.25) is 10.1 Å². The van der Waals surface area contributed by atoms with Gasteiger partial charge in [-0.1, -0.05) is 17.7 Å². The Balaban J connectivity index is 1.73. The van der Waals surface area contributed by atoms with Gasteiger partial charge in [0.25, 0.3) is 5.91 Å². The molecule has 0 atom stereocenters. The number of aromatic nitrogens is 1. The maximum absolute atomic E-state index is 12.8. The molecule has 1 amide bonds. The quantitative estimate of drug-likeness (QED) is 0.810. The lowest BCUT2D eigenvalue weighted by Crippen LogP contribution is -2.35. The number of sulfonamides is 1. The molecule has 9 heteroatoms. The number of hydrogen-bond acceptors (Lipinski definition) is 6. The van der Waals surface area contributed by atoms with Crippen molar-refractivity contribution in [2.75, 3.05) is 25.1 Å². The summed E-state index contributed by atoms with van der Waals surface area (Å²) < 4.78 is 32.2. The number of thiazole rings is 1. The number of aryl methyl sites for hydroxylation is 1. The first kappa shape index (κ1) is 19.0. The Bertz CT molecular complexity index is 891. The van der Waals surface area contributed by atoms with Gasteiger partial charge in [0.1, 0.15) is 6.61 Å². The van der Waals surface area contributed by atoms with Crippen LogP contribution in [0.5, 0.6) is 0 Å².